The summed E-state index contributed by atoms with van der Waals surface area (Å²) in [6.07, 6.45) is -2.79. The number of nitrogens with one attached hydrogen (secondary N) is 2. The fraction of sp³-hybridized carbons (Fsp3) is 0.368. The lowest BCUT2D eigenvalue weighted by Crippen LogP contribution is -2.33. The minimum absolute atomic E-state index is 0.333. The van der Waals surface area contributed by atoms with Crippen LogP contribution < -0.4 is 16.4 Å². The van der Waals surface area contributed by atoms with Crippen LogP contribution in [0.25, 0.3) is 0 Å². The number of thiophene rings is 1. The molecule has 0 aliphatic rings. The quantitative estimate of drug-likeness (QED) is 0.519. The summed E-state index contributed by atoms with van der Waals surface area (Å²) in [4.78, 5) is 14.8. The molecule has 2 aromatic heterocycles. The molecule has 1 atom stereocenters. The van der Waals surface area contributed by atoms with Crippen molar-refractivity contribution in [2.75, 3.05) is 25.9 Å². The van der Waals surface area contributed by atoms with Crippen molar-refractivity contribution >= 4 is 23.3 Å². The summed E-state index contributed by atoms with van der Waals surface area (Å²) < 4.78 is 36.9. The molecule has 0 saturated carbocycles. The molecule has 28 heavy (non-hydrogen) atoms. The Labute approximate surface area is 166 Å². The van der Waals surface area contributed by atoms with Crippen LogP contribution in [0.15, 0.2) is 24.4 Å². The Morgan fingerprint density at radius 3 is 2.54 bits per heavy atom. The van der Waals surface area contributed by atoms with E-state index in [1.165, 1.54) is 6.07 Å². The summed E-state index contributed by atoms with van der Waals surface area (Å²) in [6, 6.07) is 4.23. The summed E-state index contributed by atoms with van der Waals surface area (Å²) in [7, 11) is 1.97. The van der Waals surface area contributed by atoms with Crippen LogP contribution in [0.1, 0.15) is 39.7 Å². The monoisotopic (exact) mass is 412 g/mol. The molecule has 1 unspecified atom stereocenters. The highest BCUT2D eigenvalue weighted by Crippen LogP contribution is 2.27. The first kappa shape index (κ1) is 23.6. The van der Waals surface area contributed by atoms with Crippen molar-refractivity contribution in [2.24, 2.45) is 0 Å². The maximum Gasteiger partial charge on any atom is 0.433 e. The van der Waals surface area contributed by atoms with E-state index < -0.39 is 11.9 Å². The number of nitrogens with zero attached hydrogens (tertiary/aromatic N) is 1. The Morgan fingerprint density at radius 2 is 2.07 bits per heavy atom. The molecule has 2 aromatic rings. The highest BCUT2D eigenvalue weighted by molar-refractivity contribution is 7.14. The number of carbonyl (C=O) groups excluding carboxylic acids is 1. The molecule has 9 heteroatoms. The molecule has 0 spiro atoms. The van der Waals surface area contributed by atoms with E-state index in [1.54, 1.807) is 6.07 Å². The largest absolute Gasteiger partial charge is 0.433 e. The van der Waals surface area contributed by atoms with E-state index in [1.807, 2.05) is 7.05 Å². The first-order valence-electron chi connectivity index (χ1n) is 8.49. The van der Waals surface area contributed by atoms with Crippen molar-refractivity contribution < 1.29 is 18.0 Å². The van der Waals surface area contributed by atoms with E-state index in [0.29, 0.717) is 33.3 Å². The summed E-state index contributed by atoms with van der Waals surface area (Å²) in [6.45, 7) is 6.39. The van der Waals surface area contributed by atoms with Crippen LogP contribution in [0.2, 0.25) is 0 Å². The van der Waals surface area contributed by atoms with Crippen molar-refractivity contribution in [3.05, 3.63) is 45.4 Å². The number of rotatable bonds is 5. The van der Waals surface area contributed by atoms with Gasteiger partial charge in [0.05, 0.1) is 15.4 Å². The minimum atomic E-state index is -4.47. The standard InChI is InChI=1S/C13H7F3N2OS.C6H16N2/c14-13(15,16)12-4-2-8(6-18-12)1-3-9-5-10(17)11(7-19)20-9;1-4-8-5-6(2)7-3/h2,4-7H,17H2;6-8H,4-5H2,1-3H3. The lowest BCUT2D eigenvalue weighted by Gasteiger charge is -2.08. The predicted octanol–water partition coefficient (Wildman–Crippen LogP) is 3.16. The molecular weight excluding hydrogens is 389 g/mol. The van der Waals surface area contributed by atoms with Crippen molar-refractivity contribution in [3.8, 4) is 11.8 Å². The van der Waals surface area contributed by atoms with Crippen LogP contribution in [-0.2, 0) is 6.18 Å². The summed E-state index contributed by atoms with van der Waals surface area (Å²) in [5, 5.41) is 6.37. The molecule has 0 radical (unpaired) electrons. The fourth-order valence-corrected chi connectivity index (χ4v) is 2.55. The third-order valence-electron chi connectivity index (χ3n) is 3.48. The molecule has 4 N–H and O–H groups in total. The van der Waals surface area contributed by atoms with Crippen molar-refractivity contribution in [2.45, 2.75) is 26.1 Å². The maximum absolute atomic E-state index is 12.3. The smallest absolute Gasteiger partial charge is 0.397 e. The molecule has 5 nitrogen and oxygen atoms in total. The number of aromatic nitrogens is 1. The normalized spacial score (nSPS) is 11.6. The molecule has 0 fully saturated rings. The molecule has 0 aliphatic heterocycles. The average molecular weight is 412 g/mol. The van der Waals surface area contributed by atoms with Crippen molar-refractivity contribution in [3.63, 3.8) is 0 Å². The Kier molecular flexibility index (Phi) is 9.65. The first-order chi connectivity index (χ1) is 13.2. The Hall–Kier alpha value is -2.41. The number of carbonyl (C=O) groups is 1. The lowest BCUT2D eigenvalue weighted by atomic mass is 10.2. The second kappa shape index (κ2) is 11.4. The van der Waals surface area contributed by atoms with E-state index in [4.69, 9.17) is 5.73 Å². The zero-order chi connectivity index (χ0) is 21.2. The SMILES string of the molecule is CCNCC(C)NC.Nc1cc(C#Cc2ccc(C(F)(F)F)nc2)sc1C=O. The number of alkyl halides is 3. The second-order valence-corrected chi connectivity index (χ2v) is 6.81. The van der Waals surface area contributed by atoms with E-state index in [0.717, 1.165) is 36.7 Å². The molecule has 2 heterocycles. The van der Waals surface area contributed by atoms with Gasteiger partial charge >= 0.3 is 6.18 Å². The van der Waals surface area contributed by atoms with Gasteiger partial charge in [-0.05, 0) is 38.7 Å². The average Bonchev–Trinajstić information content (AvgIpc) is 3.04. The molecule has 0 amide bonds. The molecular formula is C19H23F3N4OS. The molecule has 0 bridgehead atoms. The van der Waals surface area contributed by atoms with Crippen LogP contribution in [0.3, 0.4) is 0 Å². The second-order valence-electron chi connectivity index (χ2n) is 5.73. The van der Waals surface area contributed by atoms with E-state index >= 15 is 0 Å². The third kappa shape index (κ3) is 8.08. The Morgan fingerprint density at radius 1 is 1.36 bits per heavy atom. The highest BCUT2D eigenvalue weighted by Gasteiger charge is 2.31. The Bertz CT molecular complexity index is 807. The van der Waals surface area contributed by atoms with Crippen LogP contribution in [0, 0.1) is 11.8 Å². The number of anilines is 1. The zero-order valence-electron chi connectivity index (χ0n) is 15.9. The number of halogens is 3. The number of pyridine rings is 1. The number of likely N-dealkylation sites (N-methyl/N-ethyl adjacent to an activating group) is 2. The zero-order valence-corrected chi connectivity index (χ0v) is 16.7. The van der Waals surface area contributed by atoms with Gasteiger partial charge in [-0.3, -0.25) is 9.78 Å². The van der Waals surface area contributed by atoms with Gasteiger partial charge in [0.1, 0.15) is 5.69 Å². The van der Waals surface area contributed by atoms with E-state index in [9.17, 15) is 18.0 Å². The Balaban J connectivity index is 0.000000416. The third-order valence-corrected chi connectivity index (χ3v) is 4.47. The van der Waals surface area contributed by atoms with Crippen molar-refractivity contribution in [1.29, 1.82) is 0 Å². The number of hydrogen-bond donors (Lipinski definition) is 3. The van der Waals surface area contributed by atoms with Crippen LogP contribution in [0.5, 0.6) is 0 Å². The van der Waals surface area contributed by atoms with Gasteiger partial charge in [0.2, 0.25) is 0 Å². The molecule has 2 rings (SSSR count). The van der Waals surface area contributed by atoms with Crippen LogP contribution >= 0.6 is 11.3 Å². The van der Waals surface area contributed by atoms with Gasteiger partial charge in [0.25, 0.3) is 0 Å². The molecule has 0 saturated heterocycles. The lowest BCUT2D eigenvalue weighted by molar-refractivity contribution is -0.141. The van der Waals surface area contributed by atoms with Crippen molar-refractivity contribution in [1.82, 2.24) is 15.6 Å². The predicted molar refractivity (Wildman–Crippen MR) is 106 cm³/mol. The van der Waals surface area contributed by atoms with Crippen LogP contribution in [-0.4, -0.2) is 37.4 Å². The molecule has 0 aromatic carbocycles. The van der Waals surface area contributed by atoms with Gasteiger partial charge in [-0.15, -0.1) is 11.3 Å². The number of nitrogens with two attached hydrogens (primary N) is 1. The number of nitrogen functional groups attached to an aromatic ring is 1. The molecule has 0 aliphatic carbocycles. The topological polar surface area (TPSA) is 80.0 Å². The molecule has 152 valence electrons. The summed E-state index contributed by atoms with van der Waals surface area (Å²) in [5.74, 6) is 5.39. The van der Waals surface area contributed by atoms with E-state index in [-0.39, 0.29) is 0 Å². The van der Waals surface area contributed by atoms with Gasteiger partial charge in [0, 0.05) is 24.3 Å². The minimum Gasteiger partial charge on any atom is -0.397 e. The van der Waals surface area contributed by atoms with Gasteiger partial charge in [0.15, 0.2) is 6.29 Å². The van der Waals surface area contributed by atoms with Gasteiger partial charge in [-0.2, -0.15) is 13.2 Å². The van der Waals surface area contributed by atoms with Gasteiger partial charge < -0.3 is 16.4 Å². The number of aldehydes is 1. The summed E-state index contributed by atoms with van der Waals surface area (Å²) >= 11 is 1.12. The fourth-order valence-electron chi connectivity index (χ4n) is 1.81. The van der Waals surface area contributed by atoms with E-state index in [2.05, 4.69) is 41.3 Å². The maximum atomic E-state index is 12.3. The van der Waals surface area contributed by atoms with Crippen LogP contribution in [0.4, 0.5) is 18.9 Å². The van der Waals surface area contributed by atoms with Gasteiger partial charge in [-0.25, -0.2) is 0 Å². The first-order valence-corrected chi connectivity index (χ1v) is 9.30. The number of hydrogen-bond acceptors (Lipinski definition) is 6. The van der Waals surface area contributed by atoms with Gasteiger partial charge in [-0.1, -0.05) is 18.8 Å². The summed E-state index contributed by atoms with van der Waals surface area (Å²) in [5.41, 5.74) is 5.27. The highest BCUT2D eigenvalue weighted by atomic mass is 32.1.